The third-order valence-corrected chi connectivity index (χ3v) is 7.59. The number of fused-ring (bicyclic) bond motifs is 1. The van der Waals surface area contributed by atoms with Crippen LogP contribution in [0.4, 0.5) is 5.69 Å². The first-order valence-corrected chi connectivity index (χ1v) is 13.0. The van der Waals surface area contributed by atoms with Gasteiger partial charge in [0.05, 0.1) is 18.0 Å². The van der Waals surface area contributed by atoms with Crippen LogP contribution < -0.4 is 14.4 Å². The van der Waals surface area contributed by atoms with Gasteiger partial charge in [0.15, 0.2) is 0 Å². The zero-order chi connectivity index (χ0) is 23.7. The highest BCUT2D eigenvalue weighted by molar-refractivity contribution is 7.92. The molecule has 2 aromatic rings. The van der Waals surface area contributed by atoms with Gasteiger partial charge in [0.2, 0.25) is 15.9 Å². The second-order valence-corrected chi connectivity index (χ2v) is 10.7. The Morgan fingerprint density at radius 1 is 1.16 bits per heavy atom. The van der Waals surface area contributed by atoms with Crippen molar-refractivity contribution in [3.8, 4) is 5.75 Å². The smallest absolute Gasteiger partial charge is 0.244 e. The minimum Gasteiger partial charge on any atom is -0.487 e. The first-order chi connectivity index (χ1) is 15.0. The van der Waals surface area contributed by atoms with Crippen LogP contribution in [0.15, 0.2) is 42.5 Å². The number of rotatable bonds is 7. The molecule has 2 aromatic carbocycles. The summed E-state index contributed by atoms with van der Waals surface area (Å²) in [6.45, 7) is 9.63. The summed E-state index contributed by atoms with van der Waals surface area (Å²) in [7, 11) is -3.68. The summed E-state index contributed by atoms with van der Waals surface area (Å²) >= 11 is 0. The van der Waals surface area contributed by atoms with Crippen LogP contribution >= 0.6 is 0 Å². The molecule has 0 bridgehead atoms. The summed E-state index contributed by atoms with van der Waals surface area (Å²) in [6, 6.07) is 12.1. The molecule has 1 N–H and O–H groups in total. The lowest BCUT2D eigenvalue weighted by Crippen LogP contribution is -2.51. The molecule has 0 aromatic heterocycles. The molecule has 1 heterocycles. The Kier molecular flexibility index (Phi) is 6.89. The van der Waals surface area contributed by atoms with E-state index in [4.69, 9.17) is 4.74 Å². The zero-order valence-electron chi connectivity index (χ0n) is 19.8. The zero-order valence-corrected chi connectivity index (χ0v) is 20.6. The Hall–Kier alpha value is -2.54. The van der Waals surface area contributed by atoms with Gasteiger partial charge < -0.3 is 10.1 Å². The lowest BCUT2D eigenvalue weighted by Gasteiger charge is -2.42. The van der Waals surface area contributed by atoms with Gasteiger partial charge in [-0.15, -0.1) is 0 Å². The van der Waals surface area contributed by atoms with Crippen molar-refractivity contribution in [2.75, 3.05) is 10.6 Å². The molecule has 6 nitrogen and oxygen atoms in total. The molecule has 0 spiro atoms. The molecule has 3 rings (SSSR count). The number of sulfonamides is 1. The first-order valence-electron chi connectivity index (χ1n) is 11.2. The average Bonchev–Trinajstić information content (AvgIpc) is 2.71. The summed E-state index contributed by atoms with van der Waals surface area (Å²) < 4.78 is 33.0. The highest BCUT2D eigenvalue weighted by atomic mass is 32.2. The highest BCUT2D eigenvalue weighted by Crippen LogP contribution is 2.42. The number of carbonyl (C=O) groups excluding carboxylic acids is 1. The highest BCUT2D eigenvalue weighted by Gasteiger charge is 2.40. The van der Waals surface area contributed by atoms with Crippen molar-refractivity contribution in [3.63, 3.8) is 0 Å². The summed E-state index contributed by atoms with van der Waals surface area (Å²) in [5.41, 5.74) is 2.93. The third kappa shape index (κ3) is 4.93. The minimum absolute atomic E-state index is 0.254. The van der Waals surface area contributed by atoms with Gasteiger partial charge in [0.25, 0.3) is 0 Å². The van der Waals surface area contributed by atoms with Crippen LogP contribution in [0.5, 0.6) is 5.75 Å². The number of nitrogens with zero attached hydrogens (tertiary/aromatic N) is 1. The van der Waals surface area contributed by atoms with Crippen molar-refractivity contribution < 1.29 is 17.9 Å². The van der Waals surface area contributed by atoms with E-state index in [2.05, 4.69) is 19.2 Å². The Bertz CT molecular complexity index is 1070. The van der Waals surface area contributed by atoms with Gasteiger partial charge in [0, 0.05) is 12.0 Å². The molecule has 174 valence electrons. The van der Waals surface area contributed by atoms with Crippen LogP contribution in [0, 0.1) is 13.8 Å². The fourth-order valence-corrected chi connectivity index (χ4v) is 5.77. The number of aryl methyl sites for hydroxylation is 2. The van der Waals surface area contributed by atoms with Crippen molar-refractivity contribution >= 4 is 21.6 Å². The van der Waals surface area contributed by atoms with Gasteiger partial charge in [-0.3, -0.25) is 9.10 Å². The first kappa shape index (κ1) is 24.1. The molecule has 1 aliphatic heterocycles. The van der Waals surface area contributed by atoms with Crippen LogP contribution in [-0.4, -0.2) is 32.2 Å². The lowest BCUT2D eigenvalue weighted by molar-refractivity contribution is -0.123. The maximum Gasteiger partial charge on any atom is 0.244 e. The monoisotopic (exact) mass is 458 g/mol. The molecule has 0 unspecified atom stereocenters. The topological polar surface area (TPSA) is 75.7 Å². The molecule has 7 heteroatoms. The number of nitrogens with one attached hydrogen (secondary N) is 1. The minimum atomic E-state index is -3.68. The van der Waals surface area contributed by atoms with E-state index in [-0.39, 0.29) is 17.6 Å². The number of carbonyl (C=O) groups is 1. The van der Waals surface area contributed by atoms with Gasteiger partial charge in [-0.1, -0.05) is 38.1 Å². The standard InChI is InChI=1S/C25H34N2O4S/c1-7-25(8-2)16-22(21-11-9-10-12-23(21)31-25)26-24(28)19(5)27(32(6,29)30)20-14-17(3)13-18(4)15-20/h9-15,19,22H,7-8,16H2,1-6H3,(H,26,28)/t19-,22-/m1/s1. The number of para-hydroxylation sites is 1. The molecule has 0 saturated carbocycles. The quantitative estimate of drug-likeness (QED) is 0.655. The molecule has 32 heavy (non-hydrogen) atoms. The number of anilines is 1. The number of ether oxygens (including phenoxy) is 1. The maximum atomic E-state index is 13.4. The van der Waals surface area contributed by atoms with E-state index in [1.54, 1.807) is 19.1 Å². The fraction of sp³-hybridized carbons (Fsp3) is 0.480. The predicted octanol–water partition coefficient (Wildman–Crippen LogP) is 4.66. The predicted molar refractivity (Wildman–Crippen MR) is 129 cm³/mol. The van der Waals surface area contributed by atoms with E-state index in [9.17, 15) is 13.2 Å². The molecule has 0 aliphatic carbocycles. The second kappa shape index (κ2) is 9.14. The molecular weight excluding hydrogens is 424 g/mol. The van der Waals surface area contributed by atoms with Crippen LogP contribution in [0.25, 0.3) is 0 Å². The summed E-state index contributed by atoms with van der Waals surface area (Å²) in [4.78, 5) is 13.4. The van der Waals surface area contributed by atoms with Crippen LogP contribution in [0.1, 0.15) is 62.8 Å². The molecule has 0 saturated heterocycles. The van der Waals surface area contributed by atoms with Crippen LogP contribution in [0.2, 0.25) is 0 Å². The van der Waals surface area contributed by atoms with Gasteiger partial charge in [0.1, 0.15) is 17.4 Å². The third-order valence-electron chi connectivity index (χ3n) is 6.35. The normalized spacial score (nSPS) is 18.2. The average molecular weight is 459 g/mol. The van der Waals surface area contributed by atoms with Gasteiger partial charge in [-0.25, -0.2) is 8.42 Å². The maximum absolute atomic E-state index is 13.4. The van der Waals surface area contributed by atoms with Crippen molar-refractivity contribution in [2.45, 2.75) is 71.6 Å². The van der Waals surface area contributed by atoms with Crippen LogP contribution in [0.3, 0.4) is 0 Å². The molecular formula is C25H34N2O4S. The number of benzene rings is 2. The molecule has 1 amide bonds. The van der Waals surface area contributed by atoms with Crippen molar-refractivity contribution in [3.05, 3.63) is 59.2 Å². The Labute approximate surface area is 192 Å². The van der Waals surface area contributed by atoms with E-state index in [1.165, 1.54) is 4.31 Å². The lowest BCUT2D eigenvalue weighted by atomic mass is 9.83. The number of hydrogen-bond donors (Lipinski definition) is 1. The van der Waals surface area contributed by atoms with Gasteiger partial charge >= 0.3 is 0 Å². The van der Waals surface area contributed by atoms with E-state index in [1.807, 2.05) is 44.2 Å². The Morgan fingerprint density at radius 3 is 2.31 bits per heavy atom. The van der Waals surface area contributed by atoms with Gasteiger partial charge in [-0.2, -0.15) is 0 Å². The fourth-order valence-electron chi connectivity index (χ4n) is 4.61. The van der Waals surface area contributed by atoms with E-state index < -0.39 is 16.1 Å². The Morgan fingerprint density at radius 2 is 1.75 bits per heavy atom. The van der Waals surface area contributed by atoms with Crippen molar-refractivity contribution in [1.29, 1.82) is 0 Å². The summed E-state index contributed by atoms with van der Waals surface area (Å²) in [5.74, 6) is 0.437. The largest absolute Gasteiger partial charge is 0.487 e. The number of amides is 1. The molecule has 2 atom stereocenters. The number of hydrogen-bond acceptors (Lipinski definition) is 4. The molecule has 1 aliphatic rings. The van der Waals surface area contributed by atoms with Gasteiger partial charge in [-0.05, 0) is 62.9 Å². The summed E-state index contributed by atoms with van der Waals surface area (Å²) in [5, 5.41) is 3.12. The van der Waals surface area contributed by atoms with Crippen molar-refractivity contribution in [2.24, 2.45) is 0 Å². The van der Waals surface area contributed by atoms with E-state index in [0.717, 1.165) is 41.5 Å². The molecule has 0 fully saturated rings. The van der Waals surface area contributed by atoms with Crippen molar-refractivity contribution in [1.82, 2.24) is 5.32 Å². The molecule has 0 radical (unpaired) electrons. The summed E-state index contributed by atoms with van der Waals surface area (Å²) in [6.07, 6.45) is 3.41. The SMILES string of the molecule is CCC1(CC)C[C@@H](NC(=O)[C@@H](C)N(c2cc(C)cc(C)c2)S(C)(=O)=O)c2ccccc2O1. The van der Waals surface area contributed by atoms with E-state index >= 15 is 0 Å². The Balaban J connectivity index is 1.93. The second-order valence-electron chi connectivity index (χ2n) is 8.88. The van der Waals surface area contributed by atoms with Crippen LogP contribution in [-0.2, 0) is 14.8 Å². The van der Waals surface area contributed by atoms with E-state index in [0.29, 0.717) is 12.1 Å².